The first-order valence-electron chi connectivity index (χ1n) is 5.10. The van der Waals surface area contributed by atoms with Crippen molar-refractivity contribution in [3.8, 4) is 6.07 Å². The van der Waals surface area contributed by atoms with Crippen molar-refractivity contribution in [1.29, 1.82) is 5.26 Å². The van der Waals surface area contributed by atoms with Gasteiger partial charge in [-0.3, -0.25) is 0 Å². The third kappa shape index (κ3) is 2.64. The Bertz CT molecular complexity index is 619. The Labute approximate surface area is 108 Å². The van der Waals surface area contributed by atoms with Gasteiger partial charge in [-0.25, -0.2) is 5.43 Å². The van der Waals surface area contributed by atoms with Crippen LogP contribution in [0, 0.1) is 11.3 Å². The first kappa shape index (κ1) is 12.1. The summed E-state index contributed by atoms with van der Waals surface area (Å²) in [5.74, 6) is 0.559. The van der Waals surface area contributed by atoms with Gasteiger partial charge in [0.1, 0.15) is 6.07 Å². The topological polar surface area (TPSA) is 74.2 Å². The Morgan fingerprint density at radius 1 is 1.72 bits per heavy atom. The van der Waals surface area contributed by atoms with Crippen LogP contribution in [0.15, 0.2) is 33.6 Å². The lowest BCUT2D eigenvalue weighted by Crippen LogP contribution is -1.90. The smallest absolute Gasteiger partial charge is 0.252 e. The number of thiophene rings is 1. The Morgan fingerprint density at radius 2 is 2.56 bits per heavy atom. The highest BCUT2D eigenvalue weighted by molar-refractivity contribution is 7.11. The molecule has 0 bridgehead atoms. The molecule has 1 N–H and O–H groups in total. The van der Waals surface area contributed by atoms with Crippen molar-refractivity contribution < 1.29 is 4.42 Å². The minimum atomic E-state index is 0.163. The number of nitrogens with zero attached hydrogens (tertiary/aromatic N) is 3. The van der Waals surface area contributed by atoms with Crippen LogP contribution in [0.2, 0.25) is 0 Å². The summed E-state index contributed by atoms with van der Waals surface area (Å²) in [6.45, 7) is 5.46. The molecule has 0 radical (unpaired) electrons. The van der Waals surface area contributed by atoms with Crippen LogP contribution < -0.4 is 5.43 Å². The third-order valence-corrected chi connectivity index (χ3v) is 2.81. The molecule has 6 heteroatoms. The lowest BCUT2D eigenvalue weighted by molar-refractivity contribution is 0.554. The van der Waals surface area contributed by atoms with Crippen molar-refractivity contribution in [3.63, 3.8) is 0 Å². The first-order chi connectivity index (χ1) is 8.70. The maximum atomic E-state index is 8.90. The number of nitrogens with one attached hydrogen (secondary N) is 1. The standard InChI is InChI=1S/C12H10N4OS/c1-8(2)11-15-10(6-13)12(17-11)16-14-7-9-4-3-5-18-9/h3-5,7,16H,1H2,2H3/b14-7-. The predicted molar refractivity (Wildman–Crippen MR) is 71.5 cm³/mol. The van der Waals surface area contributed by atoms with Gasteiger partial charge in [-0.2, -0.15) is 15.3 Å². The molecule has 0 saturated heterocycles. The molecule has 0 spiro atoms. The van der Waals surface area contributed by atoms with Crippen LogP contribution in [0.5, 0.6) is 0 Å². The zero-order valence-electron chi connectivity index (χ0n) is 9.67. The molecule has 0 aliphatic rings. The third-order valence-electron chi connectivity index (χ3n) is 2.00. The Hall–Kier alpha value is -2.39. The maximum Gasteiger partial charge on any atom is 0.252 e. The molecule has 18 heavy (non-hydrogen) atoms. The Kier molecular flexibility index (Phi) is 3.55. The Morgan fingerprint density at radius 3 is 3.17 bits per heavy atom. The van der Waals surface area contributed by atoms with E-state index in [9.17, 15) is 0 Å². The van der Waals surface area contributed by atoms with Crippen molar-refractivity contribution in [2.75, 3.05) is 5.43 Å². The molecule has 2 heterocycles. The van der Waals surface area contributed by atoms with Gasteiger partial charge in [0.15, 0.2) is 0 Å². The van der Waals surface area contributed by atoms with Gasteiger partial charge in [0.05, 0.1) is 6.21 Å². The summed E-state index contributed by atoms with van der Waals surface area (Å²) < 4.78 is 5.33. The van der Waals surface area contributed by atoms with E-state index in [2.05, 4.69) is 22.1 Å². The molecule has 2 aromatic heterocycles. The number of hydrazone groups is 1. The monoisotopic (exact) mass is 258 g/mol. The summed E-state index contributed by atoms with van der Waals surface area (Å²) >= 11 is 1.56. The molecule has 0 unspecified atom stereocenters. The molecule has 0 aliphatic carbocycles. The van der Waals surface area contributed by atoms with Crippen LogP contribution in [-0.4, -0.2) is 11.2 Å². The lowest BCUT2D eigenvalue weighted by atomic mass is 10.3. The zero-order valence-corrected chi connectivity index (χ0v) is 10.5. The molecule has 2 rings (SSSR count). The van der Waals surface area contributed by atoms with Gasteiger partial charge in [-0.15, -0.1) is 11.3 Å². The molecule has 2 aromatic rings. The average molecular weight is 258 g/mol. The lowest BCUT2D eigenvalue weighted by Gasteiger charge is -1.93. The number of allylic oxidation sites excluding steroid dienone is 1. The summed E-state index contributed by atoms with van der Waals surface area (Å²) in [4.78, 5) is 4.98. The minimum absolute atomic E-state index is 0.163. The number of nitriles is 1. The van der Waals surface area contributed by atoms with E-state index in [1.165, 1.54) is 0 Å². The van der Waals surface area contributed by atoms with Crippen LogP contribution in [0.1, 0.15) is 23.4 Å². The highest BCUT2D eigenvalue weighted by Crippen LogP contribution is 2.20. The number of hydrogen-bond donors (Lipinski definition) is 1. The molecule has 0 amide bonds. The molecule has 5 nitrogen and oxygen atoms in total. The van der Waals surface area contributed by atoms with E-state index in [4.69, 9.17) is 9.68 Å². The maximum absolute atomic E-state index is 8.90. The number of rotatable bonds is 4. The van der Waals surface area contributed by atoms with E-state index in [1.54, 1.807) is 24.5 Å². The van der Waals surface area contributed by atoms with Crippen LogP contribution in [-0.2, 0) is 0 Å². The molecule has 0 atom stereocenters. The summed E-state index contributed by atoms with van der Waals surface area (Å²) in [6, 6.07) is 5.80. The summed E-state index contributed by atoms with van der Waals surface area (Å²) in [7, 11) is 0. The van der Waals surface area contributed by atoms with Gasteiger partial charge in [-0.05, 0) is 18.4 Å². The van der Waals surface area contributed by atoms with Gasteiger partial charge in [0.25, 0.3) is 5.88 Å². The molecule has 0 saturated carbocycles. The molecule has 0 aliphatic heterocycles. The van der Waals surface area contributed by atoms with Crippen LogP contribution >= 0.6 is 11.3 Å². The van der Waals surface area contributed by atoms with Gasteiger partial charge in [0, 0.05) is 10.5 Å². The van der Waals surface area contributed by atoms with Crippen LogP contribution in [0.3, 0.4) is 0 Å². The largest absolute Gasteiger partial charge is 0.418 e. The number of aromatic nitrogens is 1. The first-order valence-corrected chi connectivity index (χ1v) is 5.98. The fraction of sp³-hybridized carbons (Fsp3) is 0.0833. The van der Waals surface area contributed by atoms with Crippen molar-refractivity contribution in [3.05, 3.63) is 40.6 Å². The summed E-state index contributed by atoms with van der Waals surface area (Å²) in [6.07, 6.45) is 1.65. The second-order valence-corrected chi connectivity index (χ2v) is 4.45. The van der Waals surface area contributed by atoms with E-state index in [0.717, 1.165) is 4.88 Å². The molecule has 90 valence electrons. The highest BCUT2D eigenvalue weighted by Gasteiger charge is 2.12. The van der Waals surface area contributed by atoms with Gasteiger partial charge < -0.3 is 4.42 Å². The van der Waals surface area contributed by atoms with Crippen LogP contribution in [0.4, 0.5) is 5.88 Å². The second kappa shape index (κ2) is 5.29. The van der Waals surface area contributed by atoms with Crippen molar-refractivity contribution >= 4 is 29.0 Å². The van der Waals surface area contributed by atoms with E-state index in [-0.39, 0.29) is 11.6 Å². The van der Waals surface area contributed by atoms with Gasteiger partial charge in [0.2, 0.25) is 11.6 Å². The predicted octanol–water partition coefficient (Wildman–Crippen LogP) is 3.09. The van der Waals surface area contributed by atoms with Gasteiger partial charge >= 0.3 is 0 Å². The van der Waals surface area contributed by atoms with Crippen molar-refractivity contribution in [2.45, 2.75) is 6.92 Å². The quantitative estimate of drug-likeness (QED) is 0.675. The van der Waals surface area contributed by atoms with Crippen molar-refractivity contribution in [1.82, 2.24) is 4.98 Å². The molecular formula is C12H10N4OS. The normalized spacial score (nSPS) is 10.4. The molecule has 0 aromatic carbocycles. The fourth-order valence-electron chi connectivity index (χ4n) is 1.17. The highest BCUT2D eigenvalue weighted by atomic mass is 32.1. The number of anilines is 1. The SMILES string of the molecule is C=C(C)c1nc(C#N)c(N/N=C\c2cccs2)o1. The second-order valence-electron chi connectivity index (χ2n) is 3.47. The molecule has 0 fully saturated rings. The molecular weight excluding hydrogens is 248 g/mol. The number of hydrogen-bond acceptors (Lipinski definition) is 6. The summed E-state index contributed by atoms with van der Waals surface area (Å²) in [5.41, 5.74) is 3.48. The van der Waals surface area contributed by atoms with E-state index in [1.807, 2.05) is 23.6 Å². The van der Waals surface area contributed by atoms with E-state index >= 15 is 0 Å². The van der Waals surface area contributed by atoms with Crippen molar-refractivity contribution in [2.24, 2.45) is 5.10 Å². The average Bonchev–Trinajstić information content (AvgIpc) is 2.97. The number of oxazole rings is 1. The minimum Gasteiger partial charge on any atom is -0.418 e. The van der Waals surface area contributed by atoms with E-state index in [0.29, 0.717) is 11.5 Å². The van der Waals surface area contributed by atoms with Crippen LogP contribution in [0.25, 0.3) is 5.57 Å². The zero-order chi connectivity index (χ0) is 13.0. The fourth-order valence-corrected chi connectivity index (χ4v) is 1.76. The Balaban J connectivity index is 2.14. The summed E-state index contributed by atoms with van der Waals surface area (Å²) in [5, 5.41) is 14.8. The van der Waals surface area contributed by atoms with Gasteiger partial charge in [-0.1, -0.05) is 12.6 Å². The van der Waals surface area contributed by atoms with E-state index < -0.39 is 0 Å².